The van der Waals surface area contributed by atoms with Gasteiger partial charge in [0.25, 0.3) is 0 Å². The van der Waals surface area contributed by atoms with E-state index in [1.807, 2.05) is 0 Å². The third kappa shape index (κ3) is 2.56. The van der Waals surface area contributed by atoms with Crippen LogP contribution >= 0.6 is 12.2 Å². The van der Waals surface area contributed by atoms with E-state index in [0.29, 0.717) is 12.3 Å². The Hall–Kier alpha value is -1.36. The number of aromatic nitrogens is 1. The minimum absolute atomic E-state index is 0.274. The van der Waals surface area contributed by atoms with Crippen LogP contribution in [-0.4, -0.2) is 22.1 Å². The number of rotatable bonds is 4. The van der Waals surface area contributed by atoms with Gasteiger partial charge in [-0.2, -0.15) is 0 Å². The molecule has 5 heteroatoms. The first kappa shape index (κ1) is 11.7. The van der Waals surface area contributed by atoms with Gasteiger partial charge in [-0.05, 0) is 26.0 Å². The Morgan fingerprint density at radius 2 is 2.40 bits per heavy atom. The van der Waals surface area contributed by atoms with E-state index >= 15 is 0 Å². The Balaban J connectivity index is 2.90. The summed E-state index contributed by atoms with van der Waals surface area (Å²) in [4.78, 5) is 11.8. The highest BCUT2D eigenvalue weighted by atomic mass is 32.1. The van der Waals surface area contributed by atoms with E-state index in [1.54, 1.807) is 36.7 Å². The summed E-state index contributed by atoms with van der Waals surface area (Å²) in [5, 5.41) is 0. The summed E-state index contributed by atoms with van der Waals surface area (Å²) in [5.41, 5.74) is 6.20. The van der Waals surface area contributed by atoms with E-state index in [4.69, 9.17) is 22.7 Å². The second-order valence-electron chi connectivity index (χ2n) is 3.09. The lowest BCUT2D eigenvalue weighted by Crippen LogP contribution is -2.23. The van der Waals surface area contributed by atoms with Crippen molar-refractivity contribution in [2.24, 2.45) is 5.73 Å². The van der Waals surface area contributed by atoms with Gasteiger partial charge in [0.1, 0.15) is 11.0 Å². The molecule has 0 aliphatic heterocycles. The first-order valence-electron chi connectivity index (χ1n) is 4.71. The van der Waals surface area contributed by atoms with Crippen LogP contribution in [0.2, 0.25) is 0 Å². The summed E-state index contributed by atoms with van der Waals surface area (Å²) in [6, 6.07) is 3.17. The Labute approximate surface area is 94.0 Å². The molecule has 1 atom stereocenters. The zero-order valence-corrected chi connectivity index (χ0v) is 9.58. The van der Waals surface area contributed by atoms with Gasteiger partial charge in [-0.3, -0.25) is 0 Å². The van der Waals surface area contributed by atoms with Gasteiger partial charge in [0.15, 0.2) is 0 Å². The molecule has 4 nitrogen and oxygen atoms in total. The Morgan fingerprint density at radius 3 is 2.93 bits per heavy atom. The minimum atomic E-state index is -0.406. The fourth-order valence-corrected chi connectivity index (χ4v) is 1.49. The molecule has 0 fully saturated rings. The third-order valence-electron chi connectivity index (χ3n) is 2.08. The van der Waals surface area contributed by atoms with Crippen molar-refractivity contribution >= 4 is 23.2 Å². The van der Waals surface area contributed by atoms with Gasteiger partial charge in [0.05, 0.1) is 12.3 Å². The van der Waals surface area contributed by atoms with E-state index in [9.17, 15) is 4.79 Å². The van der Waals surface area contributed by atoms with E-state index in [1.165, 1.54) is 0 Å². The maximum Gasteiger partial charge on any atom is 0.328 e. The monoisotopic (exact) mass is 226 g/mol. The summed E-state index contributed by atoms with van der Waals surface area (Å²) >= 11 is 4.88. The van der Waals surface area contributed by atoms with Crippen molar-refractivity contribution in [3.05, 3.63) is 24.0 Å². The lowest BCUT2D eigenvalue weighted by Gasteiger charge is -2.15. The number of carbonyl (C=O) groups is 1. The van der Waals surface area contributed by atoms with Crippen LogP contribution in [0.25, 0.3) is 0 Å². The van der Waals surface area contributed by atoms with Crippen molar-refractivity contribution in [3.8, 4) is 0 Å². The van der Waals surface area contributed by atoms with Gasteiger partial charge < -0.3 is 15.0 Å². The number of esters is 1. The number of hydrogen-bond donors (Lipinski definition) is 1. The molecule has 0 aliphatic rings. The highest BCUT2D eigenvalue weighted by Gasteiger charge is 2.18. The Morgan fingerprint density at radius 1 is 1.73 bits per heavy atom. The molecule has 1 aromatic heterocycles. The molecule has 0 radical (unpaired) electrons. The van der Waals surface area contributed by atoms with E-state index < -0.39 is 6.04 Å². The maximum absolute atomic E-state index is 11.5. The smallest absolute Gasteiger partial charge is 0.328 e. The summed E-state index contributed by atoms with van der Waals surface area (Å²) in [6.07, 6.45) is 1.76. The highest BCUT2D eigenvalue weighted by Crippen LogP contribution is 2.13. The Bertz CT molecular complexity index is 373. The van der Waals surface area contributed by atoms with Crippen molar-refractivity contribution in [2.75, 3.05) is 6.61 Å². The lowest BCUT2D eigenvalue weighted by atomic mass is 10.3. The molecule has 0 saturated carbocycles. The summed E-state index contributed by atoms with van der Waals surface area (Å²) in [6.45, 7) is 3.89. The van der Waals surface area contributed by atoms with Crippen molar-refractivity contribution < 1.29 is 9.53 Å². The zero-order valence-electron chi connectivity index (χ0n) is 8.77. The standard InChI is InChI=1S/C10H14N2O2S/c1-3-14-10(13)7(2)12-6-4-5-8(12)9(11)15/h4-7H,3H2,1-2H3,(H2,11,15). The van der Waals surface area contributed by atoms with Crippen molar-refractivity contribution in [2.45, 2.75) is 19.9 Å². The van der Waals surface area contributed by atoms with E-state index in [2.05, 4.69) is 0 Å². The molecule has 1 aromatic rings. The Kier molecular flexibility index (Phi) is 3.85. The average molecular weight is 226 g/mol. The topological polar surface area (TPSA) is 57.2 Å². The molecular formula is C10H14N2O2S. The summed E-state index contributed by atoms with van der Waals surface area (Å²) in [5.74, 6) is -0.286. The molecule has 82 valence electrons. The number of nitrogens with two attached hydrogens (primary N) is 1. The number of hydrogen-bond acceptors (Lipinski definition) is 3. The molecule has 1 unspecified atom stereocenters. The second-order valence-corrected chi connectivity index (χ2v) is 3.53. The van der Waals surface area contributed by atoms with Crippen molar-refractivity contribution in [3.63, 3.8) is 0 Å². The second kappa shape index (κ2) is 4.93. The normalized spacial score (nSPS) is 12.1. The average Bonchev–Trinajstić information content (AvgIpc) is 2.65. The van der Waals surface area contributed by atoms with Crippen LogP contribution in [0, 0.1) is 0 Å². The van der Waals surface area contributed by atoms with Gasteiger partial charge in [-0.1, -0.05) is 12.2 Å². The number of thiocarbonyl (C=S) groups is 1. The van der Waals surface area contributed by atoms with Gasteiger partial charge in [0, 0.05) is 6.20 Å². The summed E-state index contributed by atoms with van der Waals surface area (Å²) in [7, 11) is 0. The molecule has 1 rings (SSSR count). The quantitative estimate of drug-likeness (QED) is 0.620. The number of carbonyl (C=O) groups excluding carboxylic acids is 1. The van der Waals surface area contributed by atoms with Crippen LogP contribution in [0.15, 0.2) is 18.3 Å². The predicted octanol–water partition coefficient (Wildman–Crippen LogP) is 1.25. The van der Waals surface area contributed by atoms with Gasteiger partial charge >= 0.3 is 5.97 Å². The zero-order chi connectivity index (χ0) is 11.4. The van der Waals surface area contributed by atoms with E-state index in [-0.39, 0.29) is 11.0 Å². The van der Waals surface area contributed by atoms with Gasteiger partial charge in [-0.25, -0.2) is 4.79 Å². The largest absolute Gasteiger partial charge is 0.464 e. The van der Waals surface area contributed by atoms with Crippen molar-refractivity contribution in [1.29, 1.82) is 0 Å². The molecule has 0 aliphatic carbocycles. The number of ether oxygens (including phenoxy) is 1. The first-order valence-corrected chi connectivity index (χ1v) is 5.12. The fraction of sp³-hybridized carbons (Fsp3) is 0.400. The van der Waals surface area contributed by atoms with Crippen LogP contribution in [0.4, 0.5) is 0 Å². The van der Waals surface area contributed by atoms with Crippen molar-refractivity contribution in [1.82, 2.24) is 4.57 Å². The maximum atomic E-state index is 11.5. The highest BCUT2D eigenvalue weighted by molar-refractivity contribution is 7.80. The molecule has 1 heterocycles. The molecular weight excluding hydrogens is 212 g/mol. The molecule has 0 spiro atoms. The molecule has 0 bridgehead atoms. The first-order chi connectivity index (χ1) is 7.07. The number of nitrogens with zero attached hydrogens (tertiary/aromatic N) is 1. The molecule has 0 saturated heterocycles. The molecule has 15 heavy (non-hydrogen) atoms. The van der Waals surface area contributed by atoms with Crippen LogP contribution in [0.1, 0.15) is 25.6 Å². The molecule has 2 N–H and O–H groups in total. The van der Waals surface area contributed by atoms with E-state index in [0.717, 1.165) is 0 Å². The molecule has 0 aromatic carbocycles. The van der Waals surface area contributed by atoms with Gasteiger partial charge in [-0.15, -0.1) is 0 Å². The predicted molar refractivity (Wildman–Crippen MR) is 61.7 cm³/mol. The molecule has 0 amide bonds. The lowest BCUT2D eigenvalue weighted by molar-refractivity contribution is -0.146. The van der Waals surface area contributed by atoms with Gasteiger partial charge in [0.2, 0.25) is 0 Å². The minimum Gasteiger partial charge on any atom is -0.464 e. The fourth-order valence-electron chi connectivity index (χ4n) is 1.32. The van der Waals surface area contributed by atoms with Crippen LogP contribution < -0.4 is 5.73 Å². The van der Waals surface area contributed by atoms with Crippen LogP contribution in [-0.2, 0) is 9.53 Å². The van der Waals surface area contributed by atoms with Crippen LogP contribution in [0.3, 0.4) is 0 Å². The summed E-state index contributed by atoms with van der Waals surface area (Å²) < 4.78 is 6.63. The van der Waals surface area contributed by atoms with Crippen LogP contribution in [0.5, 0.6) is 0 Å². The SMILES string of the molecule is CCOC(=O)C(C)n1cccc1C(N)=S. The third-order valence-corrected chi connectivity index (χ3v) is 2.29.